The minimum Gasteiger partial charge on any atom is -0.310 e. The summed E-state index contributed by atoms with van der Waals surface area (Å²) in [5.74, 6) is 0. The van der Waals surface area contributed by atoms with E-state index >= 15 is 0 Å². The molecule has 0 radical (unpaired) electrons. The lowest BCUT2D eigenvalue weighted by Gasteiger charge is -2.34. The molecule has 0 saturated heterocycles. The molecule has 2 aliphatic carbocycles. The fraction of sp³-hybridized carbons (Fsp3) is 0.0625. The topological polar surface area (TPSA) is 3.24 Å². The van der Waals surface area contributed by atoms with E-state index in [9.17, 15) is 0 Å². The molecule has 0 bridgehead atoms. The van der Waals surface area contributed by atoms with Gasteiger partial charge in [-0.25, -0.2) is 0 Å². The quantitative estimate of drug-likeness (QED) is 0.147. The largest absolute Gasteiger partial charge is 0.310 e. The van der Waals surface area contributed by atoms with Crippen molar-refractivity contribution in [3.63, 3.8) is 0 Å². The summed E-state index contributed by atoms with van der Waals surface area (Å²) in [6.45, 7) is 4.71. The van der Waals surface area contributed by atoms with Gasteiger partial charge in [-0.1, -0.05) is 214 Å². The molecule has 0 fully saturated rings. The molecule has 0 unspecified atom stereocenters. The van der Waals surface area contributed by atoms with Crippen molar-refractivity contribution in [2.45, 2.75) is 24.7 Å². The Labute approximate surface area is 382 Å². The summed E-state index contributed by atoms with van der Waals surface area (Å²) in [6, 6.07) is 91.9. The summed E-state index contributed by atoms with van der Waals surface area (Å²) in [6.07, 6.45) is 0. The van der Waals surface area contributed by atoms with Gasteiger partial charge in [-0.3, -0.25) is 0 Å². The van der Waals surface area contributed by atoms with E-state index in [4.69, 9.17) is 0 Å². The van der Waals surface area contributed by atoms with Crippen LogP contribution in [0.3, 0.4) is 0 Å². The molecule has 0 saturated carbocycles. The van der Waals surface area contributed by atoms with E-state index in [1.807, 2.05) is 0 Å². The van der Waals surface area contributed by atoms with E-state index in [1.165, 1.54) is 83.5 Å². The van der Waals surface area contributed by atoms with Gasteiger partial charge in [0.1, 0.15) is 0 Å². The third kappa shape index (κ3) is 6.22. The Bertz CT molecular complexity index is 3350. The Hall–Kier alpha value is -8.00. The van der Waals surface area contributed by atoms with Crippen molar-refractivity contribution >= 4 is 17.1 Å². The second kappa shape index (κ2) is 15.4. The van der Waals surface area contributed by atoms with E-state index in [2.05, 4.69) is 267 Å². The van der Waals surface area contributed by atoms with Crippen LogP contribution in [-0.2, 0) is 10.8 Å². The molecular formula is C64H47N. The van der Waals surface area contributed by atoms with Crippen molar-refractivity contribution in [2.24, 2.45) is 0 Å². The highest BCUT2D eigenvalue weighted by Crippen LogP contribution is 2.56. The highest BCUT2D eigenvalue weighted by Gasteiger charge is 2.46. The molecule has 12 rings (SSSR count). The summed E-state index contributed by atoms with van der Waals surface area (Å²) in [5, 5.41) is 0. The molecule has 2 aliphatic rings. The van der Waals surface area contributed by atoms with E-state index in [0.29, 0.717) is 0 Å². The Morgan fingerprint density at radius 2 is 0.677 bits per heavy atom. The number of fused-ring (bicyclic) bond motifs is 6. The zero-order valence-electron chi connectivity index (χ0n) is 36.6. The summed E-state index contributed by atoms with van der Waals surface area (Å²) in [7, 11) is 0. The van der Waals surface area contributed by atoms with Gasteiger partial charge in [0.05, 0.1) is 5.41 Å². The Morgan fingerprint density at radius 3 is 1.29 bits per heavy atom. The van der Waals surface area contributed by atoms with Crippen LogP contribution in [0, 0.1) is 0 Å². The average Bonchev–Trinajstić information content (AvgIpc) is 3.80. The van der Waals surface area contributed by atoms with Crippen molar-refractivity contribution in [1.29, 1.82) is 0 Å². The van der Waals surface area contributed by atoms with Gasteiger partial charge in [-0.2, -0.15) is 0 Å². The van der Waals surface area contributed by atoms with Gasteiger partial charge < -0.3 is 4.90 Å². The van der Waals surface area contributed by atoms with Crippen LogP contribution in [0.25, 0.3) is 55.6 Å². The highest BCUT2D eigenvalue weighted by atomic mass is 15.1. The monoisotopic (exact) mass is 829 g/mol. The molecule has 308 valence electrons. The molecule has 1 nitrogen and oxygen atoms in total. The number of benzene rings is 10. The van der Waals surface area contributed by atoms with E-state index in [1.54, 1.807) is 0 Å². The standard InChI is InChI=1S/C64H47N/c1-63(2)59-31-12-9-28-55(59)58-39-36-49(43-62(58)63)48-22-17-27-54(42-48)65(52-37-34-45(35-38-52)44-18-5-3-6-19-44)53-26-16-21-47(41-53)46-20-15-25-51(40-46)64(50-23-7-4-8-24-50)60-32-13-10-29-56(60)57-30-11-14-33-61(57)64/h3-43H,1-2H3. The lowest BCUT2D eigenvalue weighted by atomic mass is 9.67. The molecule has 0 N–H and O–H groups in total. The molecule has 0 amide bonds. The molecule has 0 spiro atoms. The Balaban J connectivity index is 0.985. The lowest BCUT2D eigenvalue weighted by Crippen LogP contribution is -2.28. The second-order valence-corrected chi connectivity index (χ2v) is 18.1. The normalized spacial score (nSPS) is 13.6. The van der Waals surface area contributed by atoms with E-state index in [-0.39, 0.29) is 5.41 Å². The lowest BCUT2D eigenvalue weighted by molar-refractivity contribution is 0.660. The first-order chi connectivity index (χ1) is 32.0. The molecule has 1 heteroatoms. The molecule has 10 aromatic rings. The SMILES string of the molecule is CC1(C)c2ccccc2-c2ccc(-c3cccc(N(c4ccc(-c5ccccc5)cc4)c4cccc(-c5cccc(C6(c7ccccc7)c7ccccc7-c7ccccc76)c5)c4)c3)cc21. The van der Waals surface area contributed by atoms with Crippen LogP contribution in [0.15, 0.2) is 249 Å². The van der Waals surface area contributed by atoms with Crippen LogP contribution >= 0.6 is 0 Å². The smallest absolute Gasteiger partial charge is 0.0713 e. The number of hydrogen-bond acceptors (Lipinski definition) is 1. The van der Waals surface area contributed by atoms with Gasteiger partial charge in [0.2, 0.25) is 0 Å². The summed E-state index contributed by atoms with van der Waals surface area (Å²) in [4.78, 5) is 2.41. The van der Waals surface area contributed by atoms with E-state index in [0.717, 1.165) is 22.6 Å². The van der Waals surface area contributed by atoms with Gasteiger partial charge in [-0.05, 0) is 138 Å². The van der Waals surface area contributed by atoms with Gasteiger partial charge in [0.25, 0.3) is 0 Å². The number of hydrogen-bond donors (Lipinski definition) is 0. The number of rotatable bonds is 8. The molecule has 0 aliphatic heterocycles. The zero-order chi connectivity index (χ0) is 43.5. The summed E-state index contributed by atoms with van der Waals surface area (Å²) >= 11 is 0. The molecule has 65 heavy (non-hydrogen) atoms. The maximum absolute atomic E-state index is 2.43. The van der Waals surface area contributed by atoms with Crippen molar-refractivity contribution in [3.8, 4) is 55.6 Å². The van der Waals surface area contributed by atoms with Crippen LogP contribution in [-0.4, -0.2) is 0 Å². The Morgan fingerprint density at radius 1 is 0.262 bits per heavy atom. The third-order valence-electron chi connectivity index (χ3n) is 14.1. The second-order valence-electron chi connectivity index (χ2n) is 18.1. The maximum Gasteiger partial charge on any atom is 0.0713 e. The first-order valence-corrected chi connectivity index (χ1v) is 22.7. The summed E-state index contributed by atoms with van der Waals surface area (Å²) in [5.41, 5.74) is 23.1. The van der Waals surface area contributed by atoms with E-state index < -0.39 is 5.41 Å². The minimum absolute atomic E-state index is 0.0743. The Kier molecular flexibility index (Phi) is 9.14. The molecule has 0 heterocycles. The number of nitrogens with zero attached hydrogens (tertiary/aromatic N) is 1. The zero-order valence-corrected chi connectivity index (χ0v) is 36.6. The molecular weight excluding hydrogens is 783 g/mol. The average molecular weight is 830 g/mol. The highest BCUT2D eigenvalue weighted by molar-refractivity contribution is 5.89. The third-order valence-corrected chi connectivity index (χ3v) is 14.1. The minimum atomic E-state index is -0.468. The predicted octanol–water partition coefficient (Wildman–Crippen LogP) is 16.8. The van der Waals surface area contributed by atoms with Crippen molar-refractivity contribution in [3.05, 3.63) is 282 Å². The van der Waals surface area contributed by atoms with Crippen LogP contribution in [0.1, 0.15) is 47.2 Å². The molecule has 0 aromatic heterocycles. The summed E-state index contributed by atoms with van der Waals surface area (Å²) < 4.78 is 0. The van der Waals surface area contributed by atoms with Crippen molar-refractivity contribution < 1.29 is 0 Å². The van der Waals surface area contributed by atoms with Crippen molar-refractivity contribution in [1.82, 2.24) is 0 Å². The molecule has 10 aromatic carbocycles. The van der Waals surface area contributed by atoms with Gasteiger partial charge in [0, 0.05) is 22.5 Å². The first-order valence-electron chi connectivity index (χ1n) is 22.7. The first kappa shape index (κ1) is 38.7. The predicted molar refractivity (Wildman–Crippen MR) is 272 cm³/mol. The van der Waals surface area contributed by atoms with Crippen LogP contribution < -0.4 is 4.90 Å². The fourth-order valence-corrected chi connectivity index (χ4v) is 11.1. The molecule has 0 atom stereocenters. The van der Waals surface area contributed by atoms with Gasteiger partial charge in [0.15, 0.2) is 0 Å². The van der Waals surface area contributed by atoms with Crippen molar-refractivity contribution in [2.75, 3.05) is 4.90 Å². The van der Waals surface area contributed by atoms with Crippen LogP contribution in [0.2, 0.25) is 0 Å². The van der Waals surface area contributed by atoms with Gasteiger partial charge in [-0.15, -0.1) is 0 Å². The van der Waals surface area contributed by atoms with Crippen LogP contribution in [0.5, 0.6) is 0 Å². The fourth-order valence-electron chi connectivity index (χ4n) is 11.1. The van der Waals surface area contributed by atoms with Gasteiger partial charge >= 0.3 is 0 Å². The maximum atomic E-state index is 2.43. The van der Waals surface area contributed by atoms with Crippen LogP contribution in [0.4, 0.5) is 17.1 Å². The number of anilines is 3.